The van der Waals surface area contributed by atoms with Crippen molar-refractivity contribution in [2.45, 2.75) is 63.3 Å². The lowest BCUT2D eigenvalue weighted by molar-refractivity contribution is -0.0695. The summed E-state index contributed by atoms with van der Waals surface area (Å²) in [4.78, 5) is 4.99. The molecule has 4 aliphatic rings. The normalized spacial score (nSPS) is 29.9. The molecule has 1 spiro atoms. The molecule has 4 aliphatic heterocycles. The number of hydrogen-bond donors (Lipinski definition) is 2. The van der Waals surface area contributed by atoms with E-state index < -0.39 is 0 Å². The van der Waals surface area contributed by atoms with Crippen LogP contribution < -0.4 is 16.1 Å². The summed E-state index contributed by atoms with van der Waals surface area (Å²) in [6, 6.07) is 6.70. The minimum absolute atomic E-state index is 0.148. The van der Waals surface area contributed by atoms with Crippen molar-refractivity contribution in [3.05, 3.63) is 23.8 Å². The van der Waals surface area contributed by atoms with E-state index in [-0.39, 0.29) is 23.9 Å². The molecule has 0 saturated carbocycles. The summed E-state index contributed by atoms with van der Waals surface area (Å²) in [6.07, 6.45) is 2.31. The Morgan fingerprint density at radius 2 is 1.85 bits per heavy atom. The third-order valence-electron chi connectivity index (χ3n) is 6.76. The van der Waals surface area contributed by atoms with E-state index in [2.05, 4.69) is 56.5 Å². The van der Waals surface area contributed by atoms with Crippen molar-refractivity contribution >= 4 is 24.1 Å². The molecule has 0 amide bonds. The molecular weight excluding hydrogens is 341 g/mol. The Morgan fingerprint density at radius 1 is 1.11 bits per heavy atom. The van der Waals surface area contributed by atoms with Crippen molar-refractivity contribution in [2.75, 3.05) is 19.8 Å². The van der Waals surface area contributed by atoms with Gasteiger partial charge in [0.2, 0.25) is 0 Å². The van der Waals surface area contributed by atoms with Crippen LogP contribution in [0.5, 0.6) is 0 Å². The van der Waals surface area contributed by atoms with E-state index in [1.807, 2.05) is 0 Å². The summed E-state index contributed by atoms with van der Waals surface area (Å²) in [7, 11) is -0.368. The average Bonchev–Trinajstić information content (AvgIpc) is 3.18. The summed E-state index contributed by atoms with van der Waals surface area (Å²) in [5.41, 5.74) is 2.39. The van der Waals surface area contributed by atoms with Crippen LogP contribution in [-0.4, -0.2) is 50.0 Å². The highest BCUT2D eigenvalue weighted by atomic mass is 16.7. The standard InChI is InChI=1S/C20H28BN3O3/c1-18(2)19(3,4)27-21(26-18)13-7-8-14-16(10-13)23-17(15-6-5-9-22-15)24-20(14)11-25-12-20/h7-8,10,15,22H,5-6,9,11-12H2,1-4H3,(H,23,24)/t15-/m0/s1. The monoisotopic (exact) mass is 369 g/mol. The van der Waals surface area contributed by atoms with Gasteiger partial charge in [-0.3, -0.25) is 0 Å². The van der Waals surface area contributed by atoms with Crippen LogP contribution in [0.25, 0.3) is 0 Å². The molecule has 3 saturated heterocycles. The fourth-order valence-corrected chi connectivity index (χ4v) is 4.26. The predicted octanol–water partition coefficient (Wildman–Crippen LogP) is 1.60. The number of nitrogens with zero attached hydrogens (tertiary/aromatic N) is 1. The summed E-state index contributed by atoms with van der Waals surface area (Å²) in [5.74, 6) is 1.04. The number of nitrogens with one attached hydrogen (secondary N) is 2. The second kappa shape index (κ2) is 5.80. The Hall–Kier alpha value is -1.41. The maximum atomic E-state index is 6.24. The van der Waals surface area contributed by atoms with Gasteiger partial charge in [-0.05, 0) is 58.6 Å². The van der Waals surface area contributed by atoms with Crippen molar-refractivity contribution in [2.24, 2.45) is 4.99 Å². The number of fused-ring (bicyclic) bond motifs is 2. The first-order valence-corrected chi connectivity index (χ1v) is 9.98. The topological polar surface area (TPSA) is 64.1 Å². The lowest BCUT2D eigenvalue weighted by atomic mass is 9.76. The lowest BCUT2D eigenvalue weighted by Gasteiger charge is -2.46. The zero-order chi connectivity index (χ0) is 18.9. The fourth-order valence-electron chi connectivity index (χ4n) is 4.26. The van der Waals surface area contributed by atoms with Gasteiger partial charge in [-0.15, -0.1) is 0 Å². The average molecular weight is 369 g/mol. The van der Waals surface area contributed by atoms with E-state index in [0.29, 0.717) is 19.3 Å². The molecule has 2 N–H and O–H groups in total. The SMILES string of the molecule is CC1(C)OB(c2ccc3c(c2)N=C([C@@H]2CCCN2)NC32COC2)OC1(C)C. The Balaban J connectivity index is 1.51. The second-order valence-electron chi connectivity index (χ2n) is 9.21. The number of benzene rings is 1. The minimum atomic E-state index is -0.368. The minimum Gasteiger partial charge on any atom is -0.399 e. The summed E-state index contributed by atoms with van der Waals surface area (Å²) in [6.45, 7) is 10.7. The van der Waals surface area contributed by atoms with Crippen LogP contribution >= 0.6 is 0 Å². The summed E-state index contributed by atoms with van der Waals surface area (Å²) < 4.78 is 18.1. The Labute approximate surface area is 161 Å². The second-order valence-corrected chi connectivity index (χ2v) is 9.21. The van der Waals surface area contributed by atoms with Crippen molar-refractivity contribution in [1.82, 2.24) is 10.6 Å². The van der Waals surface area contributed by atoms with Crippen LogP contribution in [0.2, 0.25) is 0 Å². The zero-order valence-corrected chi connectivity index (χ0v) is 16.6. The first-order chi connectivity index (χ1) is 12.8. The van der Waals surface area contributed by atoms with Crippen LogP contribution in [0.1, 0.15) is 46.1 Å². The Bertz CT molecular complexity index is 782. The van der Waals surface area contributed by atoms with Gasteiger partial charge >= 0.3 is 7.12 Å². The van der Waals surface area contributed by atoms with Crippen LogP contribution in [-0.2, 0) is 19.6 Å². The zero-order valence-electron chi connectivity index (χ0n) is 16.6. The quantitative estimate of drug-likeness (QED) is 0.776. The number of hydrogen-bond acceptors (Lipinski definition) is 6. The highest BCUT2D eigenvalue weighted by Gasteiger charge is 2.52. The molecule has 6 nitrogen and oxygen atoms in total. The van der Waals surface area contributed by atoms with E-state index in [1.54, 1.807) is 0 Å². The molecule has 5 rings (SSSR count). The Kier molecular flexibility index (Phi) is 3.80. The van der Waals surface area contributed by atoms with Crippen LogP contribution in [0.15, 0.2) is 23.2 Å². The third kappa shape index (κ3) is 2.67. The van der Waals surface area contributed by atoms with Crippen LogP contribution in [0.3, 0.4) is 0 Å². The molecule has 0 radical (unpaired) electrons. The number of aliphatic imine (C=N–C) groups is 1. The van der Waals surface area contributed by atoms with E-state index in [0.717, 1.165) is 30.0 Å². The van der Waals surface area contributed by atoms with E-state index >= 15 is 0 Å². The molecule has 1 aromatic rings. The molecule has 0 aromatic heterocycles. The smallest absolute Gasteiger partial charge is 0.399 e. The molecule has 0 unspecified atom stereocenters. The molecule has 4 heterocycles. The number of rotatable bonds is 2. The Morgan fingerprint density at radius 3 is 2.44 bits per heavy atom. The fraction of sp³-hybridized carbons (Fsp3) is 0.650. The van der Waals surface area contributed by atoms with Gasteiger partial charge in [0.25, 0.3) is 0 Å². The van der Waals surface area contributed by atoms with Gasteiger partial charge in [0.1, 0.15) is 11.4 Å². The van der Waals surface area contributed by atoms with Gasteiger partial charge in [-0.2, -0.15) is 0 Å². The molecule has 3 fully saturated rings. The third-order valence-corrected chi connectivity index (χ3v) is 6.76. The van der Waals surface area contributed by atoms with Crippen molar-refractivity contribution in [1.29, 1.82) is 0 Å². The number of ether oxygens (including phenoxy) is 1. The molecular formula is C20H28BN3O3. The first kappa shape index (κ1) is 17.7. The van der Waals surface area contributed by atoms with Crippen LogP contribution in [0.4, 0.5) is 5.69 Å². The molecule has 1 aromatic carbocycles. The molecule has 0 aliphatic carbocycles. The molecule has 27 heavy (non-hydrogen) atoms. The highest BCUT2D eigenvalue weighted by Crippen LogP contribution is 2.40. The highest BCUT2D eigenvalue weighted by molar-refractivity contribution is 6.62. The van der Waals surface area contributed by atoms with Gasteiger partial charge in [-0.1, -0.05) is 12.1 Å². The maximum Gasteiger partial charge on any atom is 0.494 e. The van der Waals surface area contributed by atoms with E-state index in [4.69, 9.17) is 19.0 Å². The molecule has 1 atom stereocenters. The lowest BCUT2D eigenvalue weighted by Crippen LogP contribution is -2.63. The predicted molar refractivity (Wildman–Crippen MR) is 106 cm³/mol. The largest absolute Gasteiger partial charge is 0.494 e. The van der Waals surface area contributed by atoms with E-state index in [1.165, 1.54) is 12.0 Å². The molecule has 0 bridgehead atoms. The molecule has 7 heteroatoms. The summed E-state index contributed by atoms with van der Waals surface area (Å²) in [5, 5.41) is 7.23. The maximum absolute atomic E-state index is 6.24. The van der Waals surface area contributed by atoms with Gasteiger partial charge in [-0.25, -0.2) is 4.99 Å². The van der Waals surface area contributed by atoms with Gasteiger partial charge in [0.05, 0.1) is 36.1 Å². The van der Waals surface area contributed by atoms with Crippen LogP contribution in [0, 0.1) is 0 Å². The van der Waals surface area contributed by atoms with Gasteiger partial charge in [0, 0.05) is 5.56 Å². The number of amidine groups is 1. The van der Waals surface area contributed by atoms with Crippen molar-refractivity contribution in [3.8, 4) is 0 Å². The van der Waals surface area contributed by atoms with Crippen molar-refractivity contribution in [3.63, 3.8) is 0 Å². The first-order valence-electron chi connectivity index (χ1n) is 9.98. The van der Waals surface area contributed by atoms with E-state index in [9.17, 15) is 0 Å². The summed E-state index contributed by atoms with van der Waals surface area (Å²) >= 11 is 0. The molecule has 144 valence electrons. The van der Waals surface area contributed by atoms with Gasteiger partial charge in [0.15, 0.2) is 0 Å². The van der Waals surface area contributed by atoms with Crippen molar-refractivity contribution < 1.29 is 14.0 Å². The van der Waals surface area contributed by atoms with Gasteiger partial charge < -0.3 is 24.7 Å².